The maximum atomic E-state index is 11.7. The number of rotatable bonds is 8. The molecule has 0 unspecified atom stereocenters. The van der Waals surface area contributed by atoms with Gasteiger partial charge < -0.3 is 5.11 Å². The van der Waals surface area contributed by atoms with Crippen LogP contribution in [0.4, 0.5) is 0 Å². The first kappa shape index (κ1) is 16.8. The van der Waals surface area contributed by atoms with Crippen LogP contribution < -0.4 is 5.69 Å². The molecule has 0 aliphatic heterocycles. The highest BCUT2D eigenvalue weighted by atomic mass is 32.2. The highest BCUT2D eigenvalue weighted by Gasteiger charge is 2.16. The van der Waals surface area contributed by atoms with Crippen LogP contribution in [0.2, 0.25) is 0 Å². The Bertz CT molecular complexity index is 487. The molecule has 114 valence electrons. The fraction of sp³-hybridized carbons (Fsp3) is 0.750. The molecule has 2 N–H and O–H groups in total. The number of H-pyrrole nitrogens is 1. The fourth-order valence-electron chi connectivity index (χ4n) is 2.07. The van der Waals surface area contributed by atoms with E-state index in [0.717, 1.165) is 18.3 Å². The Morgan fingerprint density at radius 2 is 2.00 bits per heavy atom. The number of hydrogen-bond donors (Lipinski definition) is 2. The number of aromatic amines is 1. The Kier molecular flexibility index (Phi) is 6.28. The molecule has 0 bridgehead atoms. The molecule has 0 spiro atoms. The normalized spacial score (nSPS) is 11.8. The molecule has 1 heterocycles. The second-order valence-corrected chi connectivity index (χ2v) is 6.01. The van der Waals surface area contributed by atoms with E-state index in [4.69, 9.17) is 5.11 Å². The van der Waals surface area contributed by atoms with Crippen LogP contribution in [0.25, 0.3) is 0 Å². The van der Waals surface area contributed by atoms with Crippen LogP contribution in [0, 0.1) is 0 Å². The second-order valence-electron chi connectivity index (χ2n) is 5.07. The second kappa shape index (κ2) is 7.49. The van der Waals surface area contributed by atoms with Crippen LogP contribution in [0.5, 0.6) is 0 Å². The molecule has 0 saturated carbocycles. The third kappa shape index (κ3) is 4.68. The van der Waals surface area contributed by atoms with Gasteiger partial charge >= 0.3 is 11.7 Å². The topological polar surface area (TPSA) is 91.2 Å². The Morgan fingerprint density at radius 3 is 2.50 bits per heavy atom. The molecule has 0 aromatic carbocycles. The van der Waals surface area contributed by atoms with Gasteiger partial charge in [0.15, 0.2) is 5.16 Å². The van der Waals surface area contributed by atoms with E-state index in [1.54, 1.807) is 0 Å². The number of carboxylic acid groups (broad SMARTS) is 1. The molecule has 0 fully saturated rings. The van der Waals surface area contributed by atoms with Crippen molar-refractivity contribution in [1.82, 2.24) is 19.7 Å². The minimum Gasteiger partial charge on any atom is -0.481 e. The van der Waals surface area contributed by atoms with Gasteiger partial charge in [0.2, 0.25) is 0 Å². The Hall–Kier alpha value is -1.28. The van der Waals surface area contributed by atoms with Gasteiger partial charge in [-0.15, -0.1) is 5.10 Å². The molecule has 0 aliphatic rings. The highest BCUT2D eigenvalue weighted by Crippen LogP contribution is 2.13. The summed E-state index contributed by atoms with van der Waals surface area (Å²) in [4.78, 5) is 24.6. The summed E-state index contributed by atoms with van der Waals surface area (Å²) >= 11 is 1.05. The van der Waals surface area contributed by atoms with Gasteiger partial charge in [0.1, 0.15) is 0 Å². The van der Waals surface area contributed by atoms with Crippen molar-refractivity contribution >= 4 is 17.7 Å². The zero-order valence-electron chi connectivity index (χ0n) is 12.3. The number of nitrogens with zero attached hydrogens (tertiary/aromatic N) is 3. The summed E-state index contributed by atoms with van der Waals surface area (Å²) < 4.78 is 1.49. The quantitative estimate of drug-likeness (QED) is 0.692. The average molecular weight is 302 g/mol. The zero-order valence-corrected chi connectivity index (χ0v) is 13.1. The van der Waals surface area contributed by atoms with Crippen LogP contribution in [-0.4, -0.2) is 55.1 Å². The minimum atomic E-state index is -0.928. The van der Waals surface area contributed by atoms with Gasteiger partial charge in [0.05, 0.1) is 5.75 Å². The van der Waals surface area contributed by atoms with E-state index in [-0.39, 0.29) is 11.4 Å². The Balaban J connectivity index is 2.74. The van der Waals surface area contributed by atoms with Crippen molar-refractivity contribution in [3.05, 3.63) is 10.5 Å². The lowest BCUT2D eigenvalue weighted by molar-refractivity contribution is -0.133. The van der Waals surface area contributed by atoms with Gasteiger partial charge in [0.25, 0.3) is 0 Å². The van der Waals surface area contributed by atoms with Gasteiger partial charge in [-0.1, -0.05) is 11.8 Å². The van der Waals surface area contributed by atoms with Crippen molar-refractivity contribution in [3.63, 3.8) is 0 Å². The molecule has 7 nitrogen and oxygen atoms in total. The summed E-state index contributed by atoms with van der Waals surface area (Å²) in [5.74, 6) is -1.04. The van der Waals surface area contributed by atoms with E-state index in [9.17, 15) is 9.59 Å². The number of nitrogens with one attached hydrogen (secondary N) is 1. The van der Waals surface area contributed by atoms with E-state index in [2.05, 4.69) is 42.8 Å². The number of hydrogen-bond acceptors (Lipinski definition) is 5. The lowest BCUT2D eigenvalue weighted by Gasteiger charge is -2.30. The number of aromatic nitrogens is 3. The predicted octanol–water partition coefficient (Wildman–Crippen LogP) is 0.867. The summed E-state index contributed by atoms with van der Waals surface area (Å²) in [6.45, 7) is 9.65. The van der Waals surface area contributed by atoms with Gasteiger partial charge in [-0.3, -0.25) is 14.3 Å². The van der Waals surface area contributed by atoms with E-state index in [1.807, 2.05) is 0 Å². The molecule has 1 rings (SSSR count). The lowest BCUT2D eigenvalue weighted by atomic mass is 10.2. The van der Waals surface area contributed by atoms with E-state index >= 15 is 0 Å². The lowest BCUT2D eigenvalue weighted by Crippen LogP contribution is -2.40. The summed E-state index contributed by atoms with van der Waals surface area (Å²) in [6, 6.07) is 0.764. The number of aliphatic carboxylic acids is 1. The Morgan fingerprint density at radius 1 is 1.40 bits per heavy atom. The number of thioether (sulfide) groups is 1. The third-order valence-corrected chi connectivity index (χ3v) is 3.92. The van der Waals surface area contributed by atoms with Crippen LogP contribution >= 0.6 is 11.8 Å². The van der Waals surface area contributed by atoms with Crippen molar-refractivity contribution in [2.24, 2.45) is 0 Å². The monoisotopic (exact) mass is 302 g/mol. The predicted molar refractivity (Wildman–Crippen MR) is 78.2 cm³/mol. The SMILES string of the molecule is CC(C)N(CCn1c(SCC(=O)O)n[nH]c1=O)C(C)C. The molecular weight excluding hydrogens is 280 g/mol. The molecule has 8 heteroatoms. The maximum Gasteiger partial charge on any atom is 0.344 e. The first-order valence-electron chi connectivity index (χ1n) is 6.58. The third-order valence-electron chi connectivity index (χ3n) is 2.96. The zero-order chi connectivity index (χ0) is 15.3. The van der Waals surface area contributed by atoms with E-state index in [0.29, 0.717) is 23.8 Å². The van der Waals surface area contributed by atoms with Crippen molar-refractivity contribution < 1.29 is 9.90 Å². The molecule has 1 aromatic rings. The molecule has 0 amide bonds. The standard InChI is InChI=1S/C12H22N4O3S/c1-8(2)15(9(3)4)5-6-16-11(19)13-14-12(16)20-7-10(17)18/h8-9H,5-7H2,1-4H3,(H,13,19)(H,17,18). The largest absolute Gasteiger partial charge is 0.481 e. The van der Waals surface area contributed by atoms with Crippen molar-refractivity contribution in [1.29, 1.82) is 0 Å². The number of carboxylic acids is 1. The molecule has 1 aromatic heterocycles. The Labute approximate surface area is 122 Å². The summed E-state index contributed by atoms with van der Waals surface area (Å²) in [5, 5.41) is 15.3. The van der Waals surface area contributed by atoms with Crippen LogP contribution in [0.1, 0.15) is 27.7 Å². The molecule has 0 atom stereocenters. The molecule has 0 radical (unpaired) electrons. The van der Waals surface area contributed by atoms with Gasteiger partial charge in [-0.05, 0) is 27.7 Å². The van der Waals surface area contributed by atoms with Crippen LogP contribution in [0.3, 0.4) is 0 Å². The fourth-order valence-corrected chi connectivity index (χ4v) is 2.76. The molecule has 0 saturated heterocycles. The molecule has 0 aliphatic carbocycles. The maximum absolute atomic E-state index is 11.7. The summed E-state index contributed by atoms with van der Waals surface area (Å²) in [7, 11) is 0. The first-order valence-corrected chi connectivity index (χ1v) is 7.57. The summed E-state index contributed by atoms with van der Waals surface area (Å²) in [5.41, 5.74) is -0.301. The van der Waals surface area contributed by atoms with E-state index in [1.165, 1.54) is 4.57 Å². The van der Waals surface area contributed by atoms with Crippen molar-refractivity contribution in [3.8, 4) is 0 Å². The van der Waals surface area contributed by atoms with Crippen molar-refractivity contribution in [2.45, 2.75) is 51.5 Å². The van der Waals surface area contributed by atoms with Crippen LogP contribution in [0.15, 0.2) is 9.95 Å². The van der Waals surface area contributed by atoms with E-state index < -0.39 is 5.97 Å². The number of carbonyl (C=O) groups is 1. The first-order chi connectivity index (χ1) is 9.32. The highest BCUT2D eigenvalue weighted by molar-refractivity contribution is 7.99. The van der Waals surface area contributed by atoms with Gasteiger partial charge in [0, 0.05) is 25.2 Å². The van der Waals surface area contributed by atoms with Crippen molar-refractivity contribution in [2.75, 3.05) is 12.3 Å². The average Bonchev–Trinajstić information content (AvgIpc) is 2.67. The smallest absolute Gasteiger partial charge is 0.344 e. The van der Waals surface area contributed by atoms with Crippen LogP contribution in [-0.2, 0) is 11.3 Å². The van der Waals surface area contributed by atoms with Gasteiger partial charge in [-0.25, -0.2) is 9.89 Å². The molecular formula is C12H22N4O3S. The van der Waals surface area contributed by atoms with Gasteiger partial charge in [-0.2, -0.15) is 0 Å². The molecule has 20 heavy (non-hydrogen) atoms. The summed E-state index contributed by atoms with van der Waals surface area (Å²) in [6.07, 6.45) is 0. The minimum absolute atomic E-state index is 0.109.